The molecule has 1 aromatic carbocycles. The van der Waals surface area contributed by atoms with Crippen molar-refractivity contribution in [1.82, 2.24) is 0 Å². The molecule has 4 nitrogen and oxygen atoms in total. The Morgan fingerprint density at radius 1 is 1.25 bits per heavy atom. The van der Waals surface area contributed by atoms with Crippen LogP contribution in [0.1, 0.15) is 37.7 Å². The number of nitriles is 1. The molecule has 1 amide bonds. The molecule has 3 N–H and O–H groups in total. The highest BCUT2D eigenvalue weighted by molar-refractivity contribution is 5.95. The predicted octanol–water partition coefficient (Wildman–Crippen LogP) is 2.60. The Hall–Kier alpha value is -1.86. The van der Waals surface area contributed by atoms with E-state index in [1.807, 2.05) is 24.3 Å². The van der Waals surface area contributed by atoms with E-state index in [-0.39, 0.29) is 5.91 Å². The molecule has 4 heteroatoms. The highest BCUT2D eigenvalue weighted by Gasteiger charge is 2.38. The van der Waals surface area contributed by atoms with E-state index in [9.17, 15) is 4.79 Å². The summed E-state index contributed by atoms with van der Waals surface area (Å²) in [7, 11) is 0. The maximum absolute atomic E-state index is 12.5. The highest BCUT2D eigenvalue weighted by atomic mass is 16.2. The number of carbonyl (C=O) groups excluding carboxylic acids is 1. The van der Waals surface area contributed by atoms with Crippen LogP contribution in [-0.4, -0.2) is 12.5 Å². The molecular formula is C16H21N3O. The van der Waals surface area contributed by atoms with Gasteiger partial charge in [0.2, 0.25) is 5.91 Å². The Balaban J connectivity index is 2.04. The van der Waals surface area contributed by atoms with Crippen molar-refractivity contribution in [2.45, 2.75) is 38.5 Å². The standard InChI is InChI=1S/C16H21N3O/c17-11-8-13-4-6-14(7-5-13)19-15(20)16(12-18)9-2-1-3-10-16/h4-7H,1-3,8-10,12,18H2,(H,19,20). The Kier molecular flexibility index (Phi) is 4.75. The number of hydrogen-bond donors (Lipinski definition) is 2. The number of nitrogens with zero attached hydrogens (tertiary/aromatic N) is 1. The van der Waals surface area contributed by atoms with Gasteiger partial charge in [0, 0.05) is 12.2 Å². The van der Waals surface area contributed by atoms with Crippen LogP contribution in [0.15, 0.2) is 24.3 Å². The van der Waals surface area contributed by atoms with Gasteiger partial charge in [-0.25, -0.2) is 0 Å². The zero-order valence-electron chi connectivity index (χ0n) is 11.7. The van der Waals surface area contributed by atoms with Crippen LogP contribution in [0.4, 0.5) is 5.69 Å². The summed E-state index contributed by atoms with van der Waals surface area (Å²) in [4.78, 5) is 12.5. The first-order valence-electron chi connectivity index (χ1n) is 7.18. The van der Waals surface area contributed by atoms with Crippen molar-refractivity contribution in [3.05, 3.63) is 29.8 Å². The molecule has 106 valence electrons. The Morgan fingerprint density at radius 3 is 2.45 bits per heavy atom. The average molecular weight is 271 g/mol. The lowest BCUT2D eigenvalue weighted by Gasteiger charge is -2.34. The molecule has 1 fully saturated rings. The molecule has 1 aliphatic carbocycles. The lowest BCUT2D eigenvalue weighted by atomic mass is 9.73. The van der Waals surface area contributed by atoms with Gasteiger partial charge in [0.25, 0.3) is 0 Å². The SMILES string of the molecule is N#CCc1ccc(NC(=O)C2(CN)CCCCC2)cc1. The minimum absolute atomic E-state index is 0.0349. The molecular weight excluding hydrogens is 250 g/mol. The van der Waals surface area contributed by atoms with E-state index in [4.69, 9.17) is 11.0 Å². The topological polar surface area (TPSA) is 78.9 Å². The molecule has 0 radical (unpaired) electrons. The summed E-state index contributed by atoms with van der Waals surface area (Å²) in [5.41, 5.74) is 7.19. The molecule has 0 saturated heterocycles. The summed E-state index contributed by atoms with van der Waals surface area (Å²) >= 11 is 0. The summed E-state index contributed by atoms with van der Waals surface area (Å²) in [5.74, 6) is 0.0349. The summed E-state index contributed by atoms with van der Waals surface area (Å²) in [5, 5.41) is 11.6. The van der Waals surface area contributed by atoms with Gasteiger partial charge >= 0.3 is 0 Å². The number of anilines is 1. The second-order valence-corrected chi connectivity index (χ2v) is 5.53. The monoisotopic (exact) mass is 271 g/mol. The van der Waals surface area contributed by atoms with Crippen LogP contribution in [0, 0.1) is 16.7 Å². The van der Waals surface area contributed by atoms with Crippen LogP contribution in [0.25, 0.3) is 0 Å². The number of benzene rings is 1. The molecule has 0 aliphatic heterocycles. The van der Waals surface area contributed by atoms with Gasteiger partial charge in [0.15, 0.2) is 0 Å². The van der Waals surface area contributed by atoms with E-state index in [0.717, 1.165) is 36.9 Å². The Bertz CT molecular complexity index is 495. The lowest BCUT2D eigenvalue weighted by Crippen LogP contribution is -2.43. The fraction of sp³-hybridized carbons (Fsp3) is 0.500. The van der Waals surface area contributed by atoms with Gasteiger partial charge in [-0.05, 0) is 30.5 Å². The van der Waals surface area contributed by atoms with E-state index in [1.54, 1.807) is 0 Å². The summed E-state index contributed by atoms with van der Waals surface area (Å²) < 4.78 is 0. The fourth-order valence-corrected chi connectivity index (χ4v) is 2.81. The summed E-state index contributed by atoms with van der Waals surface area (Å²) in [6.07, 6.45) is 5.49. The lowest BCUT2D eigenvalue weighted by molar-refractivity contribution is -0.126. The smallest absolute Gasteiger partial charge is 0.231 e. The van der Waals surface area contributed by atoms with Crippen molar-refractivity contribution in [1.29, 1.82) is 5.26 Å². The fourth-order valence-electron chi connectivity index (χ4n) is 2.81. The molecule has 1 saturated carbocycles. The maximum atomic E-state index is 12.5. The van der Waals surface area contributed by atoms with Gasteiger partial charge in [-0.2, -0.15) is 5.26 Å². The molecule has 20 heavy (non-hydrogen) atoms. The van der Waals surface area contributed by atoms with Crippen LogP contribution in [0.2, 0.25) is 0 Å². The average Bonchev–Trinajstić information content (AvgIpc) is 2.50. The molecule has 1 aromatic rings. The quantitative estimate of drug-likeness (QED) is 0.883. The van der Waals surface area contributed by atoms with E-state index in [2.05, 4.69) is 11.4 Å². The highest BCUT2D eigenvalue weighted by Crippen LogP contribution is 2.36. The second kappa shape index (κ2) is 6.53. The van der Waals surface area contributed by atoms with Crippen molar-refractivity contribution in [3.8, 4) is 6.07 Å². The van der Waals surface area contributed by atoms with Gasteiger partial charge in [0.05, 0.1) is 17.9 Å². The first kappa shape index (κ1) is 14.5. The number of hydrogen-bond acceptors (Lipinski definition) is 3. The second-order valence-electron chi connectivity index (χ2n) is 5.53. The normalized spacial score (nSPS) is 17.2. The largest absolute Gasteiger partial charge is 0.329 e. The number of nitrogens with two attached hydrogens (primary N) is 1. The molecule has 0 atom stereocenters. The Morgan fingerprint density at radius 2 is 1.90 bits per heavy atom. The zero-order chi connectivity index (χ0) is 14.4. The first-order chi connectivity index (χ1) is 9.70. The third-order valence-corrected chi connectivity index (χ3v) is 4.18. The van der Waals surface area contributed by atoms with Gasteiger partial charge in [-0.15, -0.1) is 0 Å². The first-order valence-corrected chi connectivity index (χ1v) is 7.18. The minimum Gasteiger partial charge on any atom is -0.329 e. The Labute approximate surface area is 120 Å². The van der Waals surface area contributed by atoms with Crippen molar-refractivity contribution in [3.63, 3.8) is 0 Å². The van der Waals surface area contributed by atoms with Gasteiger partial charge in [0.1, 0.15) is 0 Å². The van der Waals surface area contributed by atoms with E-state index >= 15 is 0 Å². The summed E-state index contributed by atoms with van der Waals surface area (Å²) in [6, 6.07) is 9.54. The van der Waals surface area contributed by atoms with Crippen molar-refractivity contribution in [2.75, 3.05) is 11.9 Å². The zero-order valence-corrected chi connectivity index (χ0v) is 11.7. The predicted molar refractivity (Wildman–Crippen MR) is 79.0 cm³/mol. The van der Waals surface area contributed by atoms with Crippen LogP contribution in [-0.2, 0) is 11.2 Å². The van der Waals surface area contributed by atoms with E-state index < -0.39 is 5.41 Å². The van der Waals surface area contributed by atoms with Gasteiger partial charge < -0.3 is 11.1 Å². The summed E-state index contributed by atoms with van der Waals surface area (Å²) in [6.45, 7) is 0.408. The maximum Gasteiger partial charge on any atom is 0.231 e. The number of nitrogens with one attached hydrogen (secondary N) is 1. The van der Waals surface area contributed by atoms with Crippen molar-refractivity contribution in [2.24, 2.45) is 11.1 Å². The van der Waals surface area contributed by atoms with Crippen LogP contribution in [0.5, 0.6) is 0 Å². The molecule has 0 spiro atoms. The molecule has 1 aliphatic rings. The van der Waals surface area contributed by atoms with Crippen molar-refractivity contribution < 1.29 is 4.79 Å². The van der Waals surface area contributed by atoms with Crippen LogP contribution >= 0.6 is 0 Å². The van der Waals surface area contributed by atoms with Crippen molar-refractivity contribution >= 4 is 11.6 Å². The van der Waals surface area contributed by atoms with Crippen LogP contribution in [0.3, 0.4) is 0 Å². The molecule has 0 aromatic heterocycles. The molecule has 0 bridgehead atoms. The third-order valence-electron chi connectivity index (χ3n) is 4.18. The molecule has 2 rings (SSSR count). The number of rotatable bonds is 4. The van der Waals surface area contributed by atoms with Gasteiger partial charge in [-0.1, -0.05) is 31.4 Å². The van der Waals surface area contributed by atoms with Crippen LogP contribution < -0.4 is 11.1 Å². The molecule has 0 unspecified atom stereocenters. The van der Waals surface area contributed by atoms with E-state index in [0.29, 0.717) is 13.0 Å². The van der Waals surface area contributed by atoms with Gasteiger partial charge in [-0.3, -0.25) is 4.79 Å². The minimum atomic E-state index is -0.399. The number of carbonyl (C=O) groups is 1. The third kappa shape index (κ3) is 3.17. The molecule has 0 heterocycles. The van der Waals surface area contributed by atoms with E-state index in [1.165, 1.54) is 6.42 Å². The number of amides is 1.